The lowest BCUT2D eigenvalue weighted by atomic mass is 10.1. The van der Waals surface area contributed by atoms with E-state index in [-0.39, 0.29) is 5.69 Å². The van der Waals surface area contributed by atoms with E-state index < -0.39 is 4.92 Å². The topological polar surface area (TPSA) is 68.1 Å². The molecule has 1 N–H and O–H groups in total. The van der Waals surface area contributed by atoms with E-state index in [9.17, 15) is 10.1 Å². The number of aryl methyl sites for hydroxylation is 1. The maximum absolute atomic E-state index is 11.1. The highest BCUT2D eigenvalue weighted by atomic mass is 16.6. The normalized spacial score (nSPS) is 10.2. The zero-order valence-electron chi connectivity index (χ0n) is 10.9. The van der Waals surface area contributed by atoms with Crippen molar-refractivity contribution in [3.8, 4) is 11.3 Å². The van der Waals surface area contributed by atoms with Crippen molar-refractivity contribution in [2.45, 2.75) is 13.8 Å². The second-order valence-electron chi connectivity index (χ2n) is 4.22. The van der Waals surface area contributed by atoms with E-state index in [1.54, 1.807) is 6.07 Å². The number of benzene rings is 1. The molecule has 2 aromatic rings. The quantitative estimate of drug-likeness (QED) is 0.673. The van der Waals surface area contributed by atoms with Crippen LogP contribution in [0.5, 0.6) is 0 Å². The van der Waals surface area contributed by atoms with Crippen LogP contribution >= 0.6 is 0 Å². The van der Waals surface area contributed by atoms with Crippen molar-refractivity contribution in [2.24, 2.45) is 0 Å². The summed E-state index contributed by atoms with van der Waals surface area (Å²) in [5, 5.41) is 14.1. The van der Waals surface area contributed by atoms with Crippen molar-refractivity contribution in [2.75, 3.05) is 11.9 Å². The number of aromatic nitrogens is 1. The molecular weight excluding hydrogens is 242 g/mol. The van der Waals surface area contributed by atoms with Crippen LogP contribution in [0.4, 0.5) is 11.5 Å². The highest BCUT2D eigenvalue weighted by molar-refractivity contribution is 5.71. The van der Waals surface area contributed by atoms with Crippen LogP contribution in [0, 0.1) is 17.0 Å². The molecule has 0 amide bonds. The average molecular weight is 257 g/mol. The number of nitrogens with one attached hydrogen (secondary N) is 1. The van der Waals surface area contributed by atoms with Gasteiger partial charge in [-0.25, -0.2) is 4.98 Å². The SMILES string of the molecule is CCNc1ccc([N+](=O)[O-])c(-c2ccc(C)cc2)n1. The van der Waals surface area contributed by atoms with Crippen LogP contribution in [0.3, 0.4) is 0 Å². The molecular formula is C14H15N3O2. The van der Waals surface area contributed by atoms with E-state index in [0.29, 0.717) is 11.5 Å². The minimum absolute atomic E-state index is 0.0190. The Balaban J connectivity index is 2.54. The van der Waals surface area contributed by atoms with Gasteiger partial charge in [0.1, 0.15) is 5.82 Å². The summed E-state index contributed by atoms with van der Waals surface area (Å²) in [6, 6.07) is 10.6. The largest absolute Gasteiger partial charge is 0.370 e. The van der Waals surface area contributed by atoms with Crippen molar-refractivity contribution in [1.29, 1.82) is 0 Å². The molecule has 0 bridgehead atoms. The van der Waals surface area contributed by atoms with E-state index in [1.807, 2.05) is 38.1 Å². The Kier molecular flexibility index (Phi) is 3.75. The molecule has 19 heavy (non-hydrogen) atoms. The van der Waals surface area contributed by atoms with Gasteiger partial charge in [0.2, 0.25) is 0 Å². The Morgan fingerprint density at radius 1 is 1.21 bits per heavy atom. The third-order valence-electron chi connectivity index (χ3n) is 2.75. The van der Waals surface area contributed by atoms with Crippen LogP contribution in [-0.2, 0) is 0 Å². The third kappa shape index (κ3) is 2.88. The molecule has 0 aliphatic rings. The fourth-order valence-electron chi connectivity index (χ4n) is 1.80. The molecule has 2 rings (SSSR count). The van der Waals surface area contributed by atoms with Gasteiger partial charge in [0.15, 0.2) is 5.69 Å². The maximum atomic E-state index is 11.1. The predicted octanol–water partition coefficient (Wildman–Crippen LogP) is 3.40. The van der Waals surface area contributed by atoms with Crippen LogP contribution in [0.15, 0.2) is 36.4 Å². The molecule has 0 unspecified atom stereocenters. The summed E-state index contributed by atoms with van der Waals surface area (Å²) in [6.45, 7) is 4.65. The Labute approximate surface area is 111 Å². The Hall–Kier alpha value is -2.43. The molecule has 0 saturated heterocycles. The van der Waals surface area contributed by atoms with E-state index in [2.05, 4.69) is 10.3 Å². The zero-order valence-corrected chi connectivity index (χ0v) is 10.9. The molecule has 1 aromatic heterocycles. The fraction of sp³-hybridized carbons (Fsp3) is 0.214. The number of hydrogen-bond donors (Lipinski definition) is 1. The summed E-state index contributed by atoms with van der Waals surface area (Å²) in [4.78, 5) is 15.0. The summed E-state index contributed by atoms with van der Waals surface area (Å²) < 4.78 is 0. The van der Waals surface area contributed by atoms with Crippen molar-refractivity contribution < 1.29 is 4.92 Å². The van der Waals surface area contributed by atoms with Crippen molar-refractivity contribution in [1.82, 2.24) is 4.98 Å². The minimum atomic E-state index is -0.405. The number of pyridine rings is 1. The molecule has 0 spiro atoms. The summed E-state index contributed by atoms with van der Waals surface area (Å²) in [5.74, 6) is 0.642. The number of nitro groups is 1. The third-order valence-corrected chi connectivity index (χ3v) is 2.75. The van der Waals surface area contributed by atoms with Gasteiger partial charge < -0.3 is 5.32 Å². The van der Waals surface area contributed by atoms with Gasteiger partial charge in [0.25, 0.3) is 5.69 Å². The van der Waals surface area contributed by atoms with Gasteiger partial charge in [-0.15, -0.1) is 0 Å². The van der Waals surface area contributed by atoms with Crippen molar-refractivity contribution >= 4 is 11.5 Å². The van der Waals surface area contributed by atoms with Crippen molar-refractivity contribution in [3.63, 3.8) is 0 Å². The second-order valence-corrected chi connectivity index (χ2v) is 4.22. The minimum Gasteiger partial charge on any atom is -0.370 e. The van der Waals surface area contributed by atoms with Gasteiger partial charge >= 0.3 is 0 Å². The van der Waals surface area contributed by atoms with Gasteiger partial charge in [0.05, 0.1) is 4.92 Å². The Morgan fingerprint density at radius 3 is 2.47 bits per heavy atom. The molecule has 0 saturated carbocycles. The summed E-state index contributed by atoms with van der Waals surface area (Å²) in [7, 11) is 0. The van der Waals surface area contributed by atoms with Gasteiger partial charge in [0, 0.05) is 18.2 Å². The van der Waals surface area contributed by atoms with Gasteiger partial charge in [-0.05, 0) is 19.9 Å². The highest BCUT2D eigenvalue weighted by Crippen LogP contribution is 2.29. The van der Waals surface area contributed by atoms with E-state index in [0.717, 1.165) is 17.7 Å². The van der Waals surface area contributed by atoms with E-state index in [4.69, 9.17) is 0 Å². The molecule has 5 nitrogen and oxygen atoms in total. The molecule has 0 aliphatic heterocycles. The lowest BCUT2D eigenvalue weighted by Crippen LogP contribution is -2.02. The van der Waals surface area contributed by atoms with Crippen LogP contribution in [0.2, 0.25) is 0 Å². The molecule has 5 heteroatoms. The Bertz CT molecular complexity index is 594. The summed E-state index contributed by atoms with van der Waals surface area (Å²) in [6.07, 6.45) is 0. The van der Waals surface area contributed by atoms with Crippen LogP contribution in [-0.4, -0.2) is 16.5 Å². The first-order chi connectivity index (χ1) is 9.11. The standard InChI is InChI=1S/C14H15N3O2/c1-3-15-13-9-8-12(17(18)19)14(16-13)11-6-4-10(2)5-7-11/h4-9H,3H2,1-2H3,(H,15,16). The van der Waals surface area contributed by atoms with Gasteiger partial charge in [-0.1, -0.05) is 29.8 Å². The molecule has 1 heterocycles. The Morgan fingerprint density at radius 2 is 1.89 bits per heavy atom. The van der Waals surface area contributed by atoms with Crippen LogP contribution in [0.25, 0.3) is 11.3 Å². The molecule has 98 valence electrons. The molecule has 0 radical (unpaired) electrons. The number of rotatable bonds is 4. The lowest BCUT2D eigenvalue weighted by molar-refractivity contribution is -0.384. The van der Waals surface area contributed by atoms with Gasteiger partial charge in [-0.3, -0.25) is 10.1 Å². The van der Waals surface area contributed by atoms with Crippen molar-refractivity contribution in [3.05, 3.63) is 52.1 Å². The number of hydrogen-bond acceptors (Lipinski definition) is 4. The van der Waals surface area contributed by atoms with Crippen LogP contribution < -0.4 is 5.32 Å². The molecule has 0 aliphatic carbocycles. The monoisotopic (exact) mass is 257 g/mol. The predicted molar refractivity (Wildman–Crippen MR) is 75.2 cm³/mol. The first-order valence-electron chi connectivity index (χ1n) is 6.08. The number of anilines is 1. The van der Waals surface area contributed by atoms with Gasteiger partial charge in [-0.2, -0.15) is 0 Å². The molecule has 0 atom stereocenters. The highest BCUT2D eigenvalue weighted by Gasteiger charge is 2.17. The number of nitrogens with zero attached hydrogens (tertiary/aromatic N) is 2. The van der Waals surface area contributed by atoms with E-state index >= 15 is 0 Å². The second kappa shape index (κ2) is 5.48. The van der Waals surface area contributed by atoms with Crippen LogP contribution in [0.1, 0.15) is 12.5 Å². The maximum Gasteiger partial charge on any atom is 0.295 e. The van der Waals surface area contributed by atoms with E-state index in [1.165, 1.54) is 6.07 Å². The fourth-order valence-corrected chi connectivity index (χ4v) is 1.80. The molecule has 0 fully saturated rings. The lowest BCUT2D eigenvalue weighted by Gasteiger charge is -2.07. The first kappa shape index (κ1) is 13.0. The average Bonchev–Trinajstić information content (AvgIpc) is 2.39. The first-order valence-corrected chi connectivity index (χ1v) is 6.08. The molecule has 1 aromatic carbocycles. The zero-order chi connectivity index (χ0) is 13.8. The smallest absolute Gasteiger partial charge is 0.295 e. The summed E-state index contributed by atoms with van der Waals surface area (Å²) in [5.41, 5.74) is 2.26. The summed E-state index contributed by atoms with van der Waals surface area (Å²) >= 11 is 0.